The second kappa shape index (κ2) is 5.93. The minimum Gasteiger partial charge on any atom is -0.491 e. The molecule has 21 heavy (non-hydrogen) atoms. The lowest BCUT2D eigenvalue weighted by Crippen LogP contribution is -2.54. The largest absolute Gasteiger partial charge is 0.491 e. The molecule has 0 saturated carbocycles. The van der Waals surface area contributed by atoms with Crippen LogP contribution in [0.1, 0.15) is 24.2 Å². The number of nitrogens with zero attached hydrogens (tertiary/aromatic N) is 2. The van der Waals surface area contributed by atoms with Crippen molar-refractivity contribution >= 4 is 11.6 Å². The van der Waals surface area contributed by atoms with Crippen LogP contribution < -0.4 is 15.0 Å². The lowest BCUT2D eigenvalue weighted by molar-refractivity contribution is 0.0606. The Morgan fingerprint density at radius 3 is 2.95 bits per heavy atom. The monoisotopic (exact) mass is 289 g/mol. The van der Waals surface area contributed by atoms with Gasteiger partial charge in [-0.15, -0.1) is 0 Å². The van der Waals surface area contributed by atoms with E-state index in [0.29, 0.717) is 17.9 Å². The van der Waals surface area contributed by atoms with Crippen molar-refractivity contribution in [2.75, 3.05) is 44.2 Å². The number of anilines is 1. The van der Waals surface area contributed by atoms with E-state index in [1.807, 2.05) is 23.1 Å². The van der Waals surface area contributed by atoms with Crippen LogP contribution in [0, 0.1) is 0 Å². The predicted molar refractivity (Wildman–Crippen MR) is 83.2 cm³/mol. The van der Waals surface area contributed by atoms with Gasteiger partial charge in [-0.25, -0.2) is 0 Å². The summed E-state index contributed by atoms with van der Waals surface area (Å²) in [6, 6.07) is 6.10. The van der Waals surface area contributed by atoms with Crippen LogP contribution in [0.5, 0.6) is 5.75 Å². The number of rotatable bonds is 3. The van der Waals surface area contributed by atoms with Crippen LogP contribution in [-0.4, -0.2) is 56.2 Å². The highest BCUT2D eigenvalue weighted by molar-refractivity contribution is 5.98. The van der Waals surface area contributed by atoms with Gasteiger partial charge in [-0.05, 0) is 32.0 Å². The molecule has 5 heteroatoms. The van der Waals surface area contributed by atoms with Crippen LogP contribution in [-0.2, 0) is 0 Å². The lowest BCUT2D eigenvalue weighted by atomic mass is 10.1. The van der Waals surface area contributed by atoms with E-state index >= 15 is 0 Å². The zero-order valence-corrected chi connectivity index (χ0v) is 12.8. The van der Waals surface area contributed by atoms with Crippen LogP contribution in [0.3, 0.4) is 0 Å². The number of benzene rings is 1. The Labute approximate surface area is 125 Å². The van der Waals surface area contributed by atoms with Gasteiger partial charge in [0.15, 0.2) is 0 Å². The van der Waals surface area contributed by atoms with Gasteiger partial charge in [-0.3, -0.25) is 4.79 Å². The molecule has 1 atom stereocenters. The van der Waals surface area contributed by atoms with E-state index in [2.05, 4.69) is 24.1 Å². The lowest BCUT2D eigenvalue weighted by Gasteiger charge is -2.33. The summed E-state index contributed by atoms with van der Waals surface area (Å²) in [6.45, 7) is 9.09. The van der Waals surface area contributed by atoms with Crippen LogP contribution in [0.2, 0.25) is 0 Å². The molecule has 1 amide bonds. The number of hydrogen-bond donors (Lipinski definition) is 1. The van der Waals surface area contributed by atoms with E-state index in [1.54, 1.807) is 0 Å². The third-order valence-electron chi connectivity index (χ3n) is 4.36. The first-order chi connectivity index (χ1) is 10.2. The molecule has 1 aromatic carbocycles. The smallest absolute Gasteiger partial charge is 0.258 e. The van der Waals surface area contributed by atoms with Crippen molar-refractivity contribution in [1.82, 2.24) is 10.2 Å². The van der Waals surface area contributed by atoms with Gasteiger partial charge in [0, 0.05) is 38.4 Å². The molecular weight excluding hydrogens is 266 g/mol. The molecule has 1 saturated heterocycles. The first-order valence-corrected chi connectivity index (χ1v) is 7.78. The summed E-state index contributed by atoms with van der Waals surface area (Å²) in [4.78, 5) is 17.0. The molecule has 0 spiro atoms. The first-order valence-electron chi connectivity index (χ1n) is 7.78. The molecule has 1 fully saturated rings. The summed E-state index contributed by atoms with van der Waals surface area (Å²) < 4.78 is 5.87. The van der Waals surface area contributed by atoms with Crippen molar-refractivity contribution in [3.8, 4) is 5.75 Å². The van der Waals surface area contributed by atoms with E-state index in [9.17, 15) is 4.79 Å². The van der Waals surface area contributed by atoms with Crippen molar-refractivity contribution in [3.63, 3.8) is 0 Å². The van der Waals surface area contributed by atoms with E-state index in [-0.39, 0.29) is 11.9 Å². The summed E-state index contributed by atoms with van der Waals surface area (Å²) >= 11 is 0. The molecule has 2 aliphatic heterocycles. The average Bonchev–Trinajstić information content (AvgIpc) is 2.67. The van der Waals surface area contributed by atoms with Gasteiger partial charge in [-0.1, -0.05) is 0 Å². The maximum Gasteiger partial charge on any atom is 0.258 e. The summed E-state index contributed by atoms with van der Waals surface area (Å²) in [6.07, 6.45) is 0. The second-order valence-electron chi connectivity index (χ2n) is 5.52. The standard InChI is InChI=1S/C16H23N3O2/c1-3-18(4-2)12-5-6-15-14(9-12)16(20)19-8-7-17-10-13(19)11-21-15/h5-6,9,13,17H,3-4,7-8,10-11H2,1-2H3. The topological polar surface area (TPSA) is 44.8 Å². The number of nitrogens with one attached hydrogen (secondary N) is 1. The third-order valence-corrected chi connectivity index (χ3v) is 4.36. The van der Waals surface area contributed by atoms with Gasteiger partial charge in [0.25, 0.3) is 5.91 Å². The van der Waals surface area contributed by atoms with E-state index in [1.165, 1.54) is 0 Å². The SMILES string of the molecule is CCN(CC)c1ccc2c(c1)C(=O)N1CCNCC1CO2. The van der Waals surface area contributed by atoms with Crippen LogP contribution in [0.25, 0.3) is 0 Å². The van der Waals surface area contributed by atoms with Crippen molar-refractivity contribution < 1.29 is 9.53 Å². The quantitative estimate of drug-likeness (QED) is 0.912. The molecule has 3 rings (SSSR count). The number of ether oxygens (including phenoxy) is 1. The highest BCUT2D eigenvalue weighted by atomic mass is 16.5. The van der Waals surface area contributed by atoms with Gasteiger partial charge in [0.05, 0.1) is 11.6 Å². The van der Waals surface area contributed by atoms with Crippen LogP contribution in [0.4, 0.5) is 5.69 Å². The zero-order valence-electron chi connectivity index (χ0n) is 12.8. The average molecular weight is 289 g/mol. The molecule has 2 aliphatic rings. The fraction of sp³-hybridized carbons (Fsp3) is 0.562. The number of amides is 1. The molecule has 1 aromatic rings. The molecule has 0 aromatic heterocycles. The fourth-order valence-electron chi connectivity index (χ4n) is 3.11. The van der Waals surface area contributed by atoms with Crippen molar-refractivity contribution in [2.24, 2.45) is 0 Å². The van der Waals surface area contributed by atoms with Crippen molar-refractivity contribution in [3.05, 3.63) is 23.8 Å². The Morgan fingerprint density at radius 1 is 1.38 bits per heavy atom. The summed E-state index contributed by atoms with van der Waals surface area (Å²) in [5.41, 5.74) is 1.79. The maximum absolute atomic E-state index is 12.8. The van der Waals surface area contributed by atoms with Gasteiger partial charge in [0.1, 0.15) is 12.4 Å². The zero-order chi connectivity index (χ0) is 14.8. The summed E-state index contributed by atoms with van der Waals surface area (Å²) in [5.74, 6) is 0.813. The predicted octanol–water partition coefficient (Wildman–Crippen LogP) is 1.34. The Morgan fingerprint density at radius 2 is 2.19 bits per heavy atom. The molecule has 1 unspecified atom stereocenters. The number of carbonyl (C=O) groups is 1. The number of carbonyl (C=O) groups excluding carboxylic acids is 1. The third kappa shape index (κ3) is 2.58. The summed E-state index contributed by atoms with van der Waals surface area (Å²) in [5, 5.41) is 3.32. The molecule has 5 nitrogen and oxygen atoms in total. The van der Waals surface area contributed by atoms with Crippen molar-refractivity contribution in [1.29, 1.82) is 0 Å². The fourth-order valence-corrected chi connectivity index (χ4v) is 3.11. The molecule has 0 aliphatic carbocycles. The molecule has 114 valence electrons. The highest BCUT2D eigenvalue weighted by Gasteiger charge is 2.32. The van der Waals surface area contributed by atoms with Gasteiger partial charge >= 0.3 is 0 Å². The second-order valence-corrected chi connectivity index (χ2v) is 5.52. The van der Waals surface area contributed by atoms with Crippen LogP contribution in [0.15, 0.2) is 18.2 Å². The normalized spacial score (nSPS) is 21.1. The minimum absolute atomic E-state index is 0.100. The van der Waals surface area contributed by atoms with E-state index < -0.39 is 0 Å². The maximum atomic E-state index is 12.8. The first kappa shape index (κ1) is 14.2. The summed E-state index contributed by atoms with van der Waals surface area (Å²) in [7, 11) is 0. The molecule has 1 N–H and O–H groups in total. The Hall–Kier alpha value is -1.75. The molecule has 0 radical (unpaired) electrons. The number of fused-ring (bicyclic) bond motifs is 2. The highest BCUT2D eigenvalue weighted by Crippen LogP contribution is 2.29. The molecule has 2 heterocycles. The molecular formula is C16H23N3O2. The van der Waals surface area contributed by atoms with Gasteiger partial charge in [0.2, 0.25) is 0 Å². The number of piperazine rings is 1. The van der Waals surface area contributed by atoms with E-state index in [4.69, 9.17) is 4.74 Å². The van der Waals surface area contributed by atoms with Crippen molar-refractivity contribution in [2.45, 2.75) is 19.9 Å². The Kier molecular flexibility index (Phi) is 4.01. The Balaban J connectivity index is 1.95. The Bertz CT molecular complexity index is 528. The van der Waals surface area contributed by atoms with Gasteiger partial charge < -0.3 is 19.9 Å². The van der Waals surface area contributed by atoms with Crippen LogP contribution >= 0.6 is 0 Å². The van der Waals surface area contributed by atoms with Gasteiger partial charge in [-0.2, -0.15) is 0 Å². The molecule has 0 bridgehead atoms. The number of hydrogen-bond acceptors (Lipinski definition) is 4. The van der Waals surface area contributed by atoms with E-state index in [0.717, 1.165) is 38.4 Å². The minimum atomic E-state index is 0.100.